The Morgan fingerprint density at radius 3 is 2.77 bits per heavy atom. The van der Waals surface area contributed by atoms with Crippen LogP contribution in [0.5, 0.6) is 0 Å². The molecule has 0 spiro atoms. The first-order chi connectivity index (χ1) is 6.13. The summed E-state index contributed by atoms with van der Waals surface area (Å²) in [6.07, 6.45) is 3.29. The van der Waals surface area contributed by atoms with Crippen molar-refractivity contribution in [3.63, 3.8) is 0 Å². The normalized spacial score (nSPS) is 33.2. The minimum absolute atomic E-state index is 0.0831. The van der Waals surface area contributed by atoms with Crippen molar-refractivity contribution >= 4 is 0 Å². The Balaban J connectivity index is 2.37. The van der Waals surface area contributed by atoms with Gasteiger partial charge in [-0.3, -0.25) is 4.90 Å². The largest absolute Gasteiger partial charge is 0.392 e. The number of nitrogens with zero attached hydrogens (tertiary/aromatic N) is 1. The third kappa shape index (κ3) is 3.28. The number of aliphatic hydroxyl groups excluding tert-OH is 1. The van der Waals surface area contributed by atoms with Gasteiger partial charge in [-0.05, 0) is 25.7 Å². The number of aliphatic hydroxyl groups is 1. The van der Waals surface area contributed by atoms with E-state index in [1.165, 1.54) is 6.42 Å². The number of rotatable bonds is 3. The SMILES string of the molecule is CCC(C)CN1C[C@H](O)CC[C@H]1C. The van der Waals surface area contributed by atoms with Crippen molar-refractivity contribution in [2.75, 3.05) is 13.1 Å². The van der Waals surface area contributed by atoms with E-state index < -0.39 is 0 Å². The highest BCUT2D eigenvalue weighted by molar-refractivity contribution is 4.79. The number of hydrogen-bond acceptors (Lipinski definition) is 2. The van der Waals surface area contributed by atoms with Crippen molar-refractivity contribution in [2.45, 2.75) is 52.2 Å². The summed E-state index contributed by atoms with van der Waals surface area (Å²) in [5.74, 6) is 0.757. The molecular formula is C11H23NO. The van der Waals surface area contributed by atoms with Crippen molar-refractivity contribution < 1.29 is 5.11 Å². The molecular weight excluding hydrogens is 162 g/mol. The van der Waals surface area contributed by atoms with Gasteiger partial charge in [0, 0.05) is 19.1 Å². The number of likely N-dealkylation sites (tertiary alicyclic amines) is 1. The van der Waals surface area contributed by atoms with Gasteiger partial charge >= 0.3 is 0 Å². The van der Waals surface area contributed by atoms with E-state index in [1.54, 1.807) is 0 Å². The van der Waals surface area contributed by atoms with Crippen LogP contribution in [0.25, 0.3) is 0 Å². The predicted molar refractivity (Wildman–Crippen MR) is 55.7 cm³/mol. The second kappa shape index (κ2) is 4.97. The third-order valence-corrected chi connectivity index (χ3v) is 3.23. The van der Waals surface area contributed by atoms with E-state index in [0.717, 1.165) is 31.8 Å². The molecule has 1 rings (SSSR count). The molecule has 1 fully saturated rings. The van der Waals surface area contributed by atoms with Gasteiger partial charge in [0.15, 0.2) is 0 Å². The van der Waals surface area contributed by atoms with Crippen LogP contribution in [0.1, 0.15) is 40.0 Å². The molecule has 0 saturated carbocycles. The Hall–Kier alpha value is -0.0800. The van der Waals surface area contributed by atoms with E-state index in [4.69, 9.17) is 0 Å². The Kier molecular flexibility index (Phi) is 4.20. The highest BCUT2D eigenvalue weighted by atomic mass is 16.3. The van der Waals surface area contributed by atoms with Gasteiger partial charge < -0.3 is 5.11 Å². The lowest BCUT2D eigenvalue weighted by atomic mass is 9.99. The molecule has 78 valence electrons. The zero-order valence-corrected chi connectivity index (χ0v) is 9.16. The molecule has 1 aliphatic rings. The van der Waals surface area contributed by atoms with Crippen molar-refractivity contribution in [3.8, 4) is 0 Å². The molecule has 1 aliphatic heterocycles. The van der Waals surface area contributed by atoms with Crippen LogP contribution in [-0.4, -0.2) is 35.2 Å². The van der Waals surface area contributed by atoms with Gasteiger partial charge in [-0.15, -0.1) is 0 Å². The van der Waals surface area contributed by atoms with Gasteiger partial charge in [0.25, 0.3) is 0 Å². The van der Waals surface area contributed by atoms with Crippen molar-refractivity contribution in [1.29, 1.82) is 0 Å². The van der Waals surface area contributed by atoms with Gasteiger partial charge in [0.1, 0.15) is 0 Å². The molecule has 2 heteroatoms. The van der Waals surface area contributed by atoms with Crippen LogP contribution >= 0.6 is 0 Å². The molecule has 3 atom stereocenters. The average Bonchev–Trinajstić information content (AvgIpc) is 2.11. The summed E-state index contributed by atoms with van der Waals surface area (Å²) in [4.78, 5) is 2.43. The Morgan fingerprint density at radius 2 is 2.15 bits per heavy atom. The van der Waals surface area contributed by atoms with E-state index in [0.29, 0.717) is 6.04 Å². The zero-order valence-electron chi connectivity index (χ0n) is 9.16. The lowest BCUT2D eigenvalue weighted by Gasteiger charge is -2.37. The van der Waals surface area contributed by atoms with Crippen LogP contribution < -0.4 is 0 Å². The second-order valence-corrected chi connectivity index (χ2v) is 4.55. The molecule has 13 heavy (non-hydrogen) atoms. The second-order valence-electron chi connectivity index (χ2n) is 4.55. The van der Waals surface area contributed by atoms with Crippen LogP contribution in [0.15, 0.2) is 0 Å². The fourth-order valence-electron chi connectivity index (χ4n) is 1.94. The fourth-order valence-corrected chi connectivity index (χ4v) is 1.94. The smallest absolute Gasteiger partial charge is 0.0667 e. The summed E-state index contributed by atoms with van der Waals surface area (Å²) in [6, 6.07) is 0.664. The van der Waals surface area contributed by atoms with Crippen molar-refractivity contribution in [2.24, 2.45) is 5.92 Å². The van der Waals surface area contributed by atoms with E-state index in [9.17, 15) is 5.11 Å². The summed E-state index contributed by atoms with van der Waals surface area (Å²) in [6.45, 7) is 8.82. The van der Waals surface area contributed by atoms with E-state index >= 15 is 0 Å². The molecule has 0 amide bonds. The molecule has 1 saturated heterocycles. The monoisotopic (exact) mass is 185 g/mol. The first kappa shape index (κ1) is 11.0. The Morgan fingerprint density at radius 1 is 1.46 bits per heavy atom. The molecule has 0 aromatic heterocycles. The van der Waals surface area contributed by atoms with E-state index in [-0.39, 0.29) is 6.10 Å². The summed E-state index contributed by atoms with van der Waals surface area (Å²) in [7, 11) is 0. The zero-order chi connectivity index (χ0) is 9.84. The van der Waals surface area contributed by atoms with E-state index in [2.05, 4.69) is 25.7 Å². The molecule has 0 bridgehead atoms. The maximum absolute atomic E-state index is 9.54. The standard InChI is InChI=1S/C11H23NO/c1-4-9(2)7-12-8-11(13)6-5-10(12)3/h9-11,13H,4-8H2,1-3H3/t9?,10-,11-/m1/s1. The molecule has 2 nitrogen and oxygen atoms in total. The molecule has 1 heterocycles. The minimum atomic E-state index is -0.0831. The van der Waals surface area contributed by atoms with Gasteiger partial charge in [-0.1, -0.05) is 20.3 Å². The van der Waals surface area contributed by atoms with Crippen LogP contribution in [-0.2, 0) is 0 Å². The highest BCUT2D eigenvalue weighted by Crippen LogP contribution is 2.18. The van der Waals surface area contributed by atoms with Gasteiger partial charge in [0.2, 0.25) is 0 Å². The van der Waals surface area contributed by atoms with E-state index in [1.807, 2.05) is 0 Å². The molecule has 0 aromatic carbocycles. The minimum Gasteiger partial charge on any atom is -0.392 e. The fraction of sp³-hybridized carbons (Fsp3) is 1.00. The summed E-state index contributed by atoms with van der Waals surface area (Å²) in [5.41, 5.74) is 0. The number of β-amino-alcohol motifs (C(OH)–C–C–N with tert-alkyl or cyclic N) is 1. The van der Waals surface area contributed by atoms with Gasteiger partial charge in [0.05, 0.1) is 6.10 Å². The summed E-state index contributed by atoms with van der Waals surface area (Å²) >= 11 is 0. The van der Waals surface area contributed by atoms with Gasteiger partial charge in [-0.2, -0.15) is 0 Å². The van der Waals surface area contributed by atoms with Crippen molar-refractivity contribution in [1.82, 2.24) is 4.90 Å². The molecule has 1 unspecified atom stereocenters. The predicted octanol–water partition coefficient (Wildman–Crippen LogP) is 1.88. The maximum atomic E-state index is 9.54. The average molecular weight is 185 g/mol. The molecule has 0 radical (unpaired) electrons. The summed E-state index contributed by atoms with van der Waals surface area (Å²) < 4.78 is 0. The number of hydrogen-bond donors (Lipinski definition) is 1. The Labute approximate surface area is 81.9 Å². The summed E-state index contributed by atoms with van der Waals surface area (Å²) in [5, 5.41) is 9.54. The molecule has 1 N–H and O–H groups in total. The maximum Gasteiger partial charge on any atom is 0.0667 e. The van der Waals surface area contributed by atoms with Gasteiger partial charge in [-0.25, -0.2) is 0 Å². The van der Waals surface area contributed by atoms with Crippen molar-refractivity contribution in [3.05, 3.63) is 0 Å². The lowest BCUT2D eigenvalue weighted by molar-refractivity contribution is 0.0331. The van der Waals surface area contributed by atoms with Crippen LogP contribution in [0.3, 0.4) is 0 Å². The molecule has 0 aliphatic carbocycles. The third-order valence-electron chi connectivity index (χ3n) is 3.23. The van der Waals surface area contributed by atoms with Crippen LogP contribution in [0, 0.1) is 5.92 Å². The Bertz CT molecular complexity index is 149. The quantitative estimate of drug-likeness (QED) is 0.725. The molecule has 0 aromatic rings. The highest BCUT2D eigenvalue weighted by Gasteiger charge is 2.24. The topological polar surface area (TPSA) is 23.5 Å². The first-order valence-electron chi connectivity index (χ1n) is 5.55. The first-order valence-corrected chi connectivity index (χ1v) is 5.55. The van der Waals surface area contributed by atoms with Crippen LogP contribution in [0.4, 0.5) is 0 Å². The van der Waals surface area contributed by atoms with Crippen LogP contribution in [0.2, 0.25) is 0 Å². The lowest BCUT2D eigenvalue weighted by Crippen LogP contribution is -2.45. The number of piperidine rings is 1.